The molecule has 0 saturated carbocycles. The molecule has 1 N–H and O–H groups in total. The van der Waals surface area contributed by atoms with E-state index >= 15 is 0 Å². The Morgan fingerprint density at radius 2 is 1.75 bits per heavy atom. The first-order valence-electron chi connectivity index (χ1n) is 11.1. The van der Waals surface area contributed by atoms with Crippen LogP contribution in [0.2, 0.25) is 0 Å². The van der Waals surface area contributed by atoms with Gasteiger partial charge in [0.1, 0.15) is 5.60 Å². The molecule has 0 bridgehead atoms. The summed E-state index contributed by atoms with van der Waals surface area (Å²) < 4.78 is 10.6. The molecule has 2 fully saturated rings. The van der Waals surface area contributed by atoms with E-state index in [2.05, 4.69) is 11.8 Å². The highest BCUT2D eigenvalue weighted by Crippen LogP contribution is 2.23. The summed E-state index contributed by atoms with van der Waals surface area (Å²) in [6.45, 7) is 11.7. The molecule has 2 amide bonds. The Kier molecular flexibility index (Phi) is 7.53. The van der Waals surface area contributed by atoms with Gasteiger partial charge < -0.3 is 29.3 Å². The van der Waals surface area contributed by atoms with E-state index in [1.165, 1.54) is 4.90 Å². The van der Waals surface area contributed by atoms with Crippen LogP contribution < -0.4 is 4.90 Å². The predicted molar refractivity (Wildman–Crippen MR) is 118 cm³/mol. The molecule has 32 heavy (non-hydrogen) atoms. The normalized spacial score (nSPS) is 21.4. The lowest BCUT2D eigenvalue weighted by molar-refractivity contribution is -0.177. The monoisotopic (exact) mass is 447 g/mol. The molecule has 0 radical (unpaired) electrons. The average molecular weight is 448 g/mol. The average Bonchev–Trinajstić information content (AvgIpc) is 2.77. The van der Waals surface area contributed by atoms with Gasteiger partial charge >= 0.3 is 5.97 Å². The highest BCUT2D eigenvalue weighted by Gasteiger charge is 2.41. The van der Waals surface area contributed by atoms with E-state index in [-0.39, 0.29) is 19.1 Å². The van der Waals surface area contributed by atoms with Crippen LogP contribution in [0.4, 0.5) is 5.69 Å². The Morgan fingerprint density at radius 3 is 2.31 bits per heavy atom. The molecule has 0 spiro atoms. The topological polar surface area (TPSA) is 99.6 Å². The van der Waals surface area contributed by atoms with Crippen molar-refractivity contribution in [3.05, 3.63) is 29.8 Å². The number of likely N-dealkylation sites (N-methyl/N-ethyl adjacent to an activating group) is 1. The van der Waals surface area contributed by atoms with E-state index in [1.54, 1.807) is 45.0 Å². The molecule has 0 unspecified atom stereocenters. The van der Waals surface area contributed by atoms with Gasteiger partial charge in [0.25, 0.3) is 11.8 Å². The molecule has 1 aromatic rings. The zero-order chi connectivity index (χ0) is 23.5. The Balaban J connectivity index is 1.65. The fraction of sp³-hybridized carbons (Fsp3) is 0.609. The smallest absolute Gasteiger partial charge is 0.338 e. The molecule has 9 nitrogen and oxygen atoms in total. The number of nitrogens with zero attached hydrogens (tertiary/aromatic N) is 3. The first kappa shape index (κ1) is 24.2. The van der Waals surface area contributed by atoms with Crippen molar-refractivity contribution < 1.29 is 29.0 Å². The van der Waals surface area contributed by atoms with Crippen molar-refractivity contribution in [1.29, 1.82) is 0 Å². The van der Waals surface area contributed by atoms with E-state index in [4.69, 9.17) is 9.47 Å². The second-order valence-corrected chi connectivity index (χ2v) is 9.03. The third-order valence-electron chi connectivity index (χ3n) is 5.59. The van der Waals surface area contributed by atoms with Gasteiger partial charge in [-0.3, -0.25) is 9.59 Å². The van der Waals surface area contributed by atoms with Gasteiger partial charge in [0, 0.05) is 44.0 Å². The molecule has 2 aliphatic heterocycles. The van der Waals surface area contributed by atoms with Crippen molar-refractivity contribution in [2.75, 3.05) is 50.8 Å². The fourth-order valence-corrected chi connectivity index (χ4v) is 3.81. The van der Waals surface area contributed by atoms with E-state index in [0.29, 0.717) is 24.3 Å². The second kappa shape index (κ2) is 9.97. The molecular weight excluding hydrogens is 414 g/mol. The van der Waals surface area contributed by atoms with Gasteiger partial charge in [0.15, 0.2) is 12.2 Å². The van der Waals surface area contributed by atoms with Gasteiger partial charge in [-0.25, -0.2) is 4.79 Å². The van der Waals surface area contributed by atoms with Crippen LogP contribution >= 0.6 is 0 Å². The number of ether oxygens (including phenoxy) is 2. The third kappa shape index (κ3) is 5.65. The summed E-state index contributed by atoms with van der Waals surface area (Å²) in [5, 5.41) is 10.3. The number of esters is 1. The zero-order valence-electron chi connectivity index (χ0n) is 19.2. The maximum atomic E-state index is 12.9. The lowest BCUT2D eigenvalue weighted by Crippen LogP contribution is -2.55. The quantitative estimate of drug-likeness (QED) is 0.670. The fourth-order valence-electron chi connectivity index (χ4n) is 3.81. The first-order valence-corrected chi connectivity index (χ1v) is 11.1. The molecule has 2 aliphatic rings. The van der Waals surface area contributed by atoms with Gasteiger partial charge in [-0.1, -0.05) is 6.92 Å². The molecule has 1 aromatic carbocycles. The van der Waals surface area contributed by atoms with Crippen LogP contribution in [0.3, 0.4) is 0 Å². The molecule has 176 valence electrons. The van der Waals surface area contributed by atoms with Gasteiger partial charge in [-0.05, 0) is 51.6 Å². The highest BCUT2D eigenvalue weighted by atomic mass is 16.6. The molecule has 3 rings (SSSR count). The number of hydrogen-bond acceptors (Lipinski definition) is 7. The summed E-state index contributed by atoms with van der Waals surface area (Å²) in [6, 6.07) is 6.81. The summed E-state index contributed by atoms with van der Waals surface area (Å²) >= 11 is 0. The Bertz CT molecular complexity index is 827. The maximum Gasteiger partial charge on any atom is 0.338 e. The summed E-state index contributed by atoms with van der Waals surface area (Å²) in [5.41, 5.74) is 0.345. The highest BCUT2D eigenvalue weighted by molar-refractivity contribution is 6.01. The van der Waals surface area contributed by atoms with Gasteiger partial charge in [-0.15, -0.1) is 0 Å². The number of carbonyl (C=O) groups excluding carboxylic acids is 3. The largest absolute Gasteiger partial charge is 0.458 e. The number of morpholine rings is 1. The van der Waals surface area contributed by atoms with Crippen LogP contribution in [0.25, 0.3) is 0 Å². The van der Waals surface area contributed by atoms with E-state index < -0.39 is 29.7 Å². The Labute approximate surface area is 188 Å². The van der Waals surface area contributed by atoms with Crippen LogP contribution in [-0.4, -0.2) is 96.4 Å². The van der Waals surface area contributed by atoms with E-state index in [1.807, 2.05) is 4.90 Å². The number of aliphatic hydroxyl groups is 1. The number of hydrogen-bond donors (Lipinski definition) is 1. The number of amides is 2. The number of rotatable bonds is 5. The summed E-state index contributed by atoms with van der Waals surface area (Å²) in [5.74, 6) is -1.45. The van der Waals surface area contributed by atoms with Crippen LogP contribution in [0, 0.1) is 0 Å². The first-order chi connectivity index (χ1) is 15.1. The number of piperazine rings is 1. The van der Waals surface area contributed by atoms with Crippen molar-refractivity contribution in [1.82, 2.24) is 9.80 Å². The lowest BCUT2D eigenvalue weighted by atomic mass is 10.1. The zero-order valence-corrected chi connectivity index (χ0v) is 19.2. The number of anilines is 1. The van der Waals surface area contributed by atoms with Crippen LogP contribution in [-0.2, 0) is 19.1 Å². The lowest BCUT2D eigenvalue weighted by Gasteiger charge is -2.35. The molecule has 9 heteroatoms. The number of benzene rings is 1. The Morgan fingerprint density at radius 1 is 1.12 bits per heavy atom. The van der Waals surface area contributed by atoms with Crippen LogP contribution in [0.5, 0.6) is 0 Å². The van der Waals surface area contributed by atoms with Crippen LogP contribution in [0.1, 0.15) is 38.1 Å². The number of carbonyl (C=O) groups is 3. The molecule has 2 saturated heterocycles. The van der Waals surface area contributed by atoms with Gasteiger partial charge in [0.05, 0.1) is 6.61 Å². The van der Waals surface area contributed by atoms with Crippen molar-refractivity contribution in [2.24, 2.45) is 0 Å². The third-order valence-corrected chi connectivity index (χ3v) is 5.59. The molecule has 0 aliphatic carbocycles. The van der Waals surface area contributed by atoms with Crippen molar-refractivity contribution >= 4 is 23.5 Å². The van der Waals surface area contributed by atoms with E-state index in [0.717, 1.165) is 19.6 Å². The summed E-state index contributed by atoms with van der Waals surface area (Å²) in [4.78, 5) is 43.5. The molecule has 2 atom stereocenters. The minimum absolute atomic E-state index is 0.0289. The van der Waals surface area contributed by atoms with Crippen LogP contribution in [0.15, 0.2) is 24.3 Å². The van der Waals surface area contributed by atoms with Gasteiger partial charge in [0.2, 0.25) is 0 Å². The minimum atomic E-state index is -1.72. The van der Waals surface area contributed by atoms with Crippen molar-refractivity contribution in [3.63, 3.8) is 0 Å². The second-order valence-electron chi connectivity index (χ2n) is 9.03. The Hall–Kier alpha value is -2.49. The van der Waals surface area contributed by atoms with Gasteiger partial charge in [-0.2, -0.15) is 0 Å². The standard InChI is InChI=1S/C23H33N3O6/c1-5-24-10-12-25(13-11-24)20(28)16-6-8-17(9-7-16)26-14-15-31-19(21(26)29)18(27)22(30)32-23(2,3)4/h6-9,18-19,27H,5,10-15H2,1-4H3/t18-,19-/m1/s1. The molecular formula is C23H33N3O6. The van der Waals surface area contributed by atoms with Crippen molar-refractivity contribution in [2.45, 2.75) is 45.5 Å². The SMILES string of the molecule is CCN1CCN(C(=O)c2ccc(N3CCO[C@H]([C@@H](O)C(=O)OC(C)(C)C)C3=O)cc2)CC1. The summed E-state index contributed by atoms with van der Waals surface area (Å²) in [6.07, 6.45) is -3.05. The molecule has 0 aromatic heterocycles. The van der Waals surface area contributed by atoms with Crippen molar-refractivity contribution in [3.8, 4) is 0 Å². The van der Waals surface area contributed by atoms with E-state index in [9.17, 15) is 19.5 Å². The maximum absolute atomic E-state index is 12.9. The molecule has 2 heterocycles. The number of aliphatic hydroxyl groups excluding tert-OH is 1. The predicted octanol–water partition coefficient (Wildman–Crippen LogP) is 0.899. The summed E-state index contributed by atoms with van der Waals surface area (Å²) in [7, 11) is 0. The minimum Gasteiger partial charge on any atom is -0.458 e.